The van der Waals surface area contributed by atoms with Crippen molar-refractivity contribution >= 4 is 56.8 Å². The van der Waals surface area contributed by atoms with Crippen molar-refractivity contribution in [1.82, 2.24) is 35.0 Å². The first kappa shape index (κ1) is 45.8. The van der Waals surface area contributed by atoms with Crippen LogP contribution in [-0.2, 0) is 9.59 Å². The van der Waals surface area contributed by atoms with Gasteiger partial charge in [-0.15, -0.1) is 6.42 Å². The Kier molecular flexibility index (Phi) is 11.8. The Morgan fingerprint density at radius 3 is 2.39 bits per heavy atom. The molecule has 0 bridgehead atoms. The smallest absolute Gasteiger partial charge is 0.319 e. The number of hydrogen-bond donors (Lipinski definition) is 2. The molecule has 2 aromatic heterocycles. The minimum Gasteiger partial charge on any atom is -0.463 e. The predicted molar refractivity (Wildman–Crippen MR) is 258 cm³/mol. The lowest BCUT2D eigenvalue weighted by Crippen LogP contribution is -2.54. The number of pyridine rings is 1. The number of benzene rings is 3. The number of rotatable bonds is 11. The Morgan fingerprint density at radius 1 is 0.871 bits per heavy atom. The van der Waals surface area contributed by atoms with E-state index in [2.05, 4.69) is 35.9 Å². The number of piperidine rings is 3. The molecule has 2 atom stereocenters. The summed E-state index contributed by atoms with van der Waals surface area (Å²) in [5.74, 6) is 0.127. The highest BCUT2D eigenvalue weighted by Gasteiger charge is 2.47. The number of amides is 4. The summed E-state index contributed by atoms with van der Waals surface area (Å²) in [6.07, 6.45) is 12.8. The summed E-state index contributed by atoms with van der Waals surface area (Å²) in [5, 5.41) is 14.8. The number of nitrogens with one attached hydrogen (secondary N) is 1. The molecule has 11 rings (SSSR count). The van der Waals surface area contributed by atoms with Gasteiger partial charge in [0.2, 0.25) is 11.8 Å². The fraction of sp³-hybridized carbons (Fsp3) is 0.453. The quantitative estimate of drug-likeness (QED) is 0.125. The van der Waals surface area contributed by atoms with Crippen LogP contribution in [0, 0.1) is 35.3 Å². The zero-order chi connectivity index (χ0) is 48.5. The third kappa shape index (κ3) is 8.60. The van der Waals surface area contributed by atoms with Crippen LogP contribution in [0.1, 0.15) is 84.6 Å². The molecule has 3 aromatic carbocycles. The van der Waals surface area contributed by atoms with E-state index in [0.29, 0.717) is 65.1 Å². The molecule has 7 heterocycles. The summed E-state index contributed by atoms with van der Waals surface area (Å²) < 4.78 is 38.5. The van der Waals surface area contributed by atoms with E-state index in [9.17, 15) is 28.7 Å². The molecule has 6 aliphatic rings. The van der Waals surface area contributed by atoms with Crippen LogP contribution < -0.4 is 19.9 Å². The molecule has 1 aliphatic carbocycles. The molecular formula is C53H55F2N9O6. The van der Waals surface area contributed by atoms with E-state index in [1.165, 1.54) is 6.07 Å². The molecule has 4 saturated heterocycles. The molecule has 1 unspecified atom stereocenters. The highest BCUT2D eigenvalue weighted by atomic mass is 19.1. The van der Waals surface area contributed by atoms with Crippen molar-refractivity contribution < 1.29 is 37.8 Å². The molecule has 4 amide bonds. The zero-order valence-corrected chi connectivity index (χ0v) is 39.2. The van der Waals surface area contributed by atoms with Crippen LogP contribution in [0.2, 0.25) is 0 Å². The van der Waals surface area contributed by atoms with Gasteiger partial charge in [0, 0.05) is 100 Å². The normalized spacial score (nSPS) is 23.2. The van der Waals surface area contributed by atoms with Crippen molar-refractivity contribution in [3.05, 3.63) is 83.1 Å². The standard InChI is InChI=1S/C53H55F2N9O6/c1-3-35-40(54)11-8-33-6-4-7-37(43(33)35)45-44(55)46-39(27-56-45)47(63-19-5-16-52(2,69)29-63)59-51(58-46)70-31-53(17-18-53)30-61-24-22-60(23-25-61)28-32-14-20-62(21-15-32)34-9-10-36-38(26-34)50(68)64(49(36)67)41-12-13-42(65)57-48(41)66/h1,4,6-11,26-27,32,41,69H,5,12-25,28-31H2,2H3,(H,57,65,66)/t41?,52-/m1/s1. The van der Waals surface area contributed by atoms with Gasteiger partial charge < -0.3 is 29.4 Å². The first-order chi connectivity index (χ1) is 33.8. The van der Waals surface area contributed by atoms with E-state index in [-0.39, 0.29) is 46.6 Å². The van der Waals surface area contributed by atoms with E-state index < -0.39 is 46.9 Å². The minimum absolute atomic E-state index is 0.0131. The van der Waals surface area contributed by atoms with E-state index in [1.807, 2.05) is 11.0 Å². The highest BCUT2D eigenvalue weighted by Crippen LogP contribution is 2.47. The fourth-order valence-electron chi connectivity index (χ4n) is 11.3. The van der Waals surface area contributed by atoms with Gasteiger partial charge in [0.15, 0.2) is 5.82 Å². The van der Waals surface area contributed by atoms with Crippen LogP contribution in [-0.4, -0.2) is 142 Å². The molecule has 70 heavy (non-hydrogen) atoms. The monoisotopic (exact) mass is 951 g/mol. The number of aromatic nitrogens is 3. The van der Waals surface area contributed by atoms with Gasteiger partial charge in [-0.05, 0) is 87.4 Å². The Hall–Kier alpha value is -6.61. The van der Waals surface area contributed by atoms with Gasteiger partial charge in [0.05, 0.1) is 34.3 Å². The van der Waals surface area contributed by atoms with Gasteiger partial charge in [0.1, 0.15) is 28.9 Å². The third-order valence-corrected chi connectivity index (χ3v) is 15.4. The molecule has 1 saturated carbocycles. The van der Waals surface area contributed by atoms with Gasteiger partial charge in [0.25, 0.3) is 11.8 Å². The van der Waals surface area contributed by atoms with Crippen molar-refractivity contribution in [2.24, 2.45) is 11.3 Å². The molecule has 17 heteroatoms. The van der Waals surface area contributed by atoms with Crippen molar-refractivity contribution in [2.75, 3.05) is 81.9 Å². The maximum atomic E-state index is 17.0. The fourth-order valence-corrected chi connectivity index (χ4v) is 11.3. The maximum absolute atomic E-state index is 17.0. The maximum Gasteiger partial charge on any atom is 0.319 e. The van der Waals surface area contributed by atoms with Crippen LogP contribution in [0.5, 0.6) is 6.01 Å². The SMILES string of the molecule is C#Cc1c(F)ccc2cccc(-c3ncc4c(N5CCC[C@@](C)(O)C5)nc(OCC5(CN6CCN(CC7CCN(c8ccc9c(c8)C(=O)N(C8CCC(=O)NC8=O)C9=O)CC7)CC6)CC5)nc4c3F)c12. The summed E-state index contributed by atoms with van der Waals surface area (Å²) in [6.45, 7) is 10.4. The van der Waals surface area contributed by atoms with E-state index in [0.717, 1.165) is 95.0 Å². The molecule has 0 spiro atoms. The molecule has 15 nitrogen and oxygen atoms in total. The Balaban J connectivity index is 0.720. The summed E-state index contributed by atoms with van der Waals surface area (Å²) >= 11 is 0. The number of imide groups is 2. The number of ether oxygens (including phenoxy) is 1. The molecular weight excluding hydrogens is 897 g/mol. The third-order valence-electron chi connectivity index (χ3n) is 15.4. The second-order valence-corrected chi connectivity index (χ2v) is 20.5. The Labute approximate surface area is 404 Å². The number of hydrogen-bond acceptors (Lipinski definition) is 13. The van der Waals surface area contributed by atoms with Gasteiger partial charge in [-0.2, -0.15) is 9.97 Å². The number of anilines is 2. The number of fused-ring (bicyclic) bond motifs is 3. The molecule has 5 fully saturated rings. The van der Waals surface area contributed by atoms with E-state index in [1.54, 1.807) is 49.5 Å². The van der Waals surface area contributed by atoms with Gasteiger partial charge in [-0.25, -0.2) is 8.78 Å². The number of carbonyl (C=O) groups is 4. The molecule has 2 N–H and O–H groups in total. The summed E-state index contributed by atoms with van der Waals surface area (Å²) in [5.41, 5.74) is 0.812. The molecule has 0 radical (unpaired) electrons. The Morgan fingerprint density at radius 2 is 1.64 bits per heavy atom. The van der Waals surface area contributed by atoms with Crippen molar-refractivity contribution in [2.45, 2.75) is 69.9 Å². The highest BCUT2D eigenvalue weighted by molar-refractivity contribution is 6.23. The van der Waals surface area contributed by atoms with Crippen LogP contribution in [0.25, 0.3) is 32.9 Å². The second-order valence-electron chi connectivity index (χ2n) is 20.5. The number of halogens is 2. The second kappa shape index (κ2) is 18.0. The lowest BCUT2D eigenvalue weighted by molar-refractivity contribution is -0.136. The lowest BCUT2D eigenvalue weighted by Gasteiger charge is -2.40. The van der Waals surface area contributed by atoms with Gasteiger partial charge in [-0.1, -0.05) is 30.2 Å². The number of piperazine rings is 1. The van der Waals surface area contributed by atoms with Crippen molar-refractivity contribution in [3.63, 3.8) is 0 Å². The lowest BCUT2D eigenvalue weighted by atomic mass is 9.95. The average molecular weight is 952 g/mol. The van der Waals surface area contributed by atoms with E-state index in [4.69, 9.17) is 16.1 Å². The number of carbonyl (C=O) groups excluding carboxylic acids is 4. The number of terminal acetylenes is 1. The summed E-state index contributed by atoms with van der Waals surface area (Å²) in [7, 11) is 0. The van der Waals surface area contributed by atoms with Crippen LogP contribution >= 0.6 is 0 Å². The van der Waals surface area contributed by atoms with Crippen LogP contribution in [0.3, 0.4) is 0 Å². The van der Waals surface area contributed by atoms with E-state index >= 15 is 4.39 Å². The van der Waals surface area contributed by atoms with Crippen LogP contribution in [0.15, 0.2) is 54.7 Å². The molecule has 5 aromatic rings. The van der Waals surface area contributed by atoms with Crippen LogP contribution in [0.4, 0.5) is 20.3 Å². The Bertz CT molecular complexity index is 3010. The number of aliphatic hydroxyl groups is 1. The summed E-state index contributed by atoms with van der Waals surface area (Å²) in [4.78, 5) is 75.2. The predicted octanol–water partition coefficient (Wildman–Crippen LogP) is 5.55. The largest absolute Gasteiger partial charge is 0.463 e. The zero-order valence-electron chi connectivity index (χ0n) is 39.2. The van der Waals surface area contributed by atoms with Gasteiger partial charge in [-0.3, -0.25) is 34.4 Å². The first-order valence-corrected chi connectivity index (χ1v) is 24.5. The molecule has 5 aliphatic heterocycles. The molecule has 362 valence electrons. The average Bonchev–Trinajstić information content (AvgIpc) is 4.08. The first-order valence-electron chi connectivity index (χ1n) is 24.5. The topological polar surface area (TPSA) is 165 Å². The van der Waals surface area contributed by atoms with Crippen molar-refractivity contribution in [1.29, 1.82) is 0 Å². The minimum atomic E-state index is -0.989. The summed E-state index contributed by atoms with van der Waals surface area (Å²) in [6, 6.07) is 12.6. The van der Waals surface area contributed by atoms with Gasteiger partial charge >= 0.3 is 6.01 Å². The number of β-amino-alcohol motifs (C(OH)–C–C–N with tert-alkyl or cyclic N) is 1. The number of nitrogens with zero attached hydrogens (tertiary/aromatic N) is 8. The van der Waals surface area contributed by atoms with Crippen molar-refractivity contribution in [3.8, 4) is 29.6 Å².